The first-order chi connectivity index (χ1) is 9.94. The van der Waals surface area contributed by atoms with Crippen molar-refractivity contribution < 1.29 is 0 Å². The molecule has 0 aromatic carbocycles. The zero-order valence-corrected chi connectivity index (χ0v) is 15.7. The summed E-state index contributed by atoms with van der Waals surface area (Å²) in [5, 5.41) is 4.71. The topological polar surface area (TPSA) is 28.2 Å². The van der Waals surface area contributed by atoms with Gasteiger partial charge in [0.05, 0.1) is 5.69 Å². The van der Waals surface area contributed by atoms with E-state index in [1.54, 1.807) is 0 Å². The van der Waals surface area contributed by atoms with Crippen LogP contribution in [0.1, 0.15) is 71.0 Å². The van der Waals surface area contributed by atoms with E-state index < -0.39 is 0 Å². The smallest absolute Gasteiger partial charge is 0.186 e. The first-order valence-electron chi connectivity index (χ1n) is 8.41. The van der Waals surface area contributed by atoms with Gasteiger partial charge in [-0.1, -0.05) is 34.6 Å². The van der Waals surface area contributed by atoms with Gasteiger partial charge in [-0.2, -0.15) is 0 Å². The van der Waals surface area contributed by atoms with E-state index >= 15 is 0 Å². The monoisotopic (exact) mass is 311 g/mol. The zero-order valence-electron chi connectivity index (χ0n) is 14.9. The normalized spacial score (nSPS) is 13.2. The Morgan fingerprint density at radius 3 is 2.24 bits per heavy atom. The van der Waals surface area contributed by atoms with Crippen LogP contribution in [-0.2, 0) is 0 Å². The second kappa shape index (κ2) is 8.74. The predicted octanol–water partition coefficient (Wildman–Crippen LogP) is 4.77. The molecule has 0 saturated heterocycles. The predicted molar refractivity (Wildman–Crippen MR) is 95.5 cm³/mol. The van der Waals surface area contributed by atoms with Gasteiger partial charge in [0.1, 0.15) is 0 Å². The zero-order chi connectivity index (χ0) is 16.0. The molecule has 4 heteroatoms. The van der Waals surface area contributed by atoms with E-state index in [0.29, 0.717) is 18.0 Å². The van der Waals surface area contributed by atoms with Crippen LogP contribution in [0.3, 0.4) is 0 Å². The molecule has 1 rings (SSSR count). The third kappa shape index (κ3) is 4.96. The fraction of sp³-hybridized carbons (Fsp3) is 0.824. The first kappa shape index (κ1) is 18.4. The second-order valence-corrected chi connectivity index (χ2v) is 7.25. The highest BCUT2D eigenvalue weighted by Crippen LogP contribution is 2.33. The number of hydrogen-bond acceptors (Lipinski definition) is 4. The van der Waals surface area contributed by atoms with Crippen LogP contribution in [0.15, 0.2) is 0 Å². The van der Waals surface area contributed by atoms with E-state index in [9.17, 15) is 0 Å². The maximum absolute atomic E-state index is 4.89. The molecule has 1 unspecified atom stereocenters. The van der Waals surface area contributed by atoms with Crippen molar-refractivity contribution in [2.24, 2.45) is 5.92 Å². The fourth-order valence-corrected chi connectivity index (χ4v) is 4.00. The molecule has 0 spiro atoms. The molecule has 0 radical (unpaired) electrons. The van der Waals surface area contributed by atoms with Crippen molar-refractivity contribution >= 4 is 16.5 Å². The van der Waals surface area contributed by atoms with Gasteiger partial charge in [-0.05, 0) is 39.2 Å². The largest absolute Gasteiger partial charge is 0.345 e. The molecule has 122 valence electrons. The molecule has 0 saturated carbocycles. The van der Waals surface area contributed by atoms with E-state index in [-0.39, 0.29) is 0 Å². The Bertz CT molecular complexity index is 410. The lowest BCUT2D eigenvalue weighted by atomic mass is 10.1. The van der Waals surface area contributed by atoms with Gasteiger partial charge in [0, 0.05) is 23.5 Å². The van der Waals surface area contributed by atoms with Gasteiger partial charge < -0.3 is 10.2 Å². The third-order valence-electron chi connectivity index (χ3n) is 3.92. The number of nitrogens with one attached hydrogen (secondary N) is 1. The van der Waals surface area contributed by atoms with Crippen molar-refractivity contribution in [3.8, 4) is 0 Å². The van der Waals surface area contributed by atoms with Crippen molar-refractivity contribution in [3.05, 3.63) is 10.6 Å². The Labute approximate surface area is 135 Å². The highest BCUT2D eigenvalue weighted by Gasteiger charge is 2.22. The lowest BCUT2D eigenvalue weighted by Crippen LogP contribution is -2.37. The number of hydrogen-bond donors (Lipinski definition) is 1. The summed E-state index contributed by atoms with van der Waals surface area (Å²) in [6, 6.07) is 0.990. The lowest BCUT2D eigenvalue weighted by molar-refractivity contribution is 0.506. The van der Waals surface area contributed by atoms with Crippen molar-refractivity contribution in [1.29, 1.82) is 0 Å². The van der Waals surface area contributed by atoms with Gasteiger partial charge in [-0.3, -0.25) is 0 Å². The minimum Gasteiger partial charge on any atom is -0.345 e. The molecule has 0 amide bonds. The van der Waals surface area contributed by atoms with E-state index in [0.717, 1.165) is 13.1 Å². The molecule has 3 nitrogen and oxygen atoms in total. The van der Waals surface area contributed by atoms with Crippen LogP contribution in [0.5, 0.6) is 0 Å². The Hall–Kier alpha value is -0.610. The van der Waals surface area contributed by atoms with E-state index in [2.05, 4.69) is 58.7 Å². The van der Waals surface area contributed by atoms with E-state index in [1.165, 1.54) is 28.5 Å². The summed E-state index contributed by atoms with van der Waals surface area (Å²) in [5.74, 6) is 0.657. The Balaban J connectivity index is 3.05. The summed E-state index contributed by atoms with van der Waals surface area (Å²) >= 11 is 1.87. The molecule has 21 heavy (non-hydrogen) atoms. The molecule has 0 aliphatic heterocycles. The fourth-order valence-electron chi connectivity index (χ4n) is 2.82. The minimum absolute atomic E-state index is 0.392. The molecule has 1 aromatic heterocycles. The number of aryl methyl sites for hydroxylation is 1. The molecule has 0 bridgehead atoms. The molecule has 1 atom stereocenters. The molecular weight excluding hydrogens is 278 g/mol. The molecule has 1 heterocycles. The molecular formula is C17H33N3S. The van der Waals surface area contributed by atoms with E-state index in [1.807, 2.05) is 11.3 Å². The van der Waals surface area contributed by atoms with E-state index in [4.69, 9.17) is 4.98 Å². The van der Waals surface area contributed by atoms with Gasteiger partial charge in [-0.25, -0.2) is 4.98 Å². The highest BCUT2D eigenvalue weighted by atomic mass is 32.1. The van der Waals surface area contributed by atoms with Crippen LogP contribution in [0.4, 0.5) is 5.13 Å². The Morgan fingerprint density at radius 2 is 1.76 bits per heavy atom. The summed E-state index contributed by atoms with van der Waals surface area (Å²) < 4.78 is 0. The van der Waals surface area contributed by atoms with Crippen LogP contribution in [0, 0.1) is 12.8 Å². The van der Waals surface area contributed by atoms with Crippen LogP contribution in [0.2, 0.25) is 0 Å². The number of aromatic nitrogens is 1. The average molecular weight is 312 g/mol. The molecule has 0 fully saturated rings. The van der Waals surface area contributed by atoms with Gasteiger partial charge in [0.2, 0.25) is 0 Å². The molecule has 1 aromatic rings. The Morgan fingerprint density at radius 1 is 1.14 bits per heavy atom. The van der Waals surface area contributed by atoms with Crippen LogP contribution in [0.25, 0.3) is 0 Å². The summed E-state index contributed by atoms with van der Waals surface area (Å²) in [6.45, 7) is 17.8. The Kier molecular flexibility index (Phi) is 7.67. The summed E-state index contributed by atoms with van der Waals surface area (Å²) in [5.41, 5.74) is 1.18. The first-order valence-corrected chi connectivity index (χ1v) is 9.23. The maximum atomic E-state index is 4.89. The maximum Gasteiger partial charge on any atom is 0.186 e. The van der Waals surface area contributed by atoms with Crippen molar-refractivity contribution in [1.82, 2.24) is 10.3 Å². The van der Waals surface area contributed by atoms with Crippen LogP contribution < -0.4 is 10.2 Å². The van der Waals surface area contributed by atoms with Crippen molar-refractivity contribution in [2.45, 2.75) is 73.4 Å². The third-order valence-corrected chi connectivity index (χ3v) is 5.29. The SMILES string of the molecule is CCNC(C)c1sc(N(CC(C)C)C(CC)CC)nc1C. The lowest BCUT2D eigenvalue weighted by Gasteiger charge is -2.31. The molecule has 0 aliphatic carbocycles. The van der Waals surface area contributed by atoms with Crippen LogP contribution in [-0.4, -0.2) is 24.1 Å². The molecule has 1 N–H and O–H groups in total. The quantitative estimate of drug-likeness (QED) is 0.712. The summed E-state index contributed by atoms with van der Waals surface area (Å²) in [6.07, 6.45) is 2.36. The van der Waals surface area contributed by atoms with Gasteiger partial charge in [0.25, 0.3) is 0 Å². The van der Waals surface area contributed by atoms with Gasteiger partial charge >= 0.3 is 0 Å². The summed E-state index contributed by atoms with van der Waals surface area (Å²) in [4.78, 5) is 8.80. The number of rotatable bonds is 9. The number of nitrogens with zero attached hydrogens (tertiary/aromatic N) is 2. The standard InChI is InChI=1S/C17H33N3S/c1-8-15(9-2)20(11-12(4)5)17-19-14(7)16(21-17)13(6)18-10-3/h12-13,15,18H,8-11H2,1-7H3. The minimum atomic E-state index is 0.392. The highest BCUT2D eigenvalue weighted by molar-refractivity contribution is 7.15. The van der Waals surface area contributed by atoms with Gasteiger partial charge in [0.15, 0.2) is 5.13 Å². The second-order valence-electron chi connectivity index (χ2n) is 6.24. The number of anilines is 1. The average Bonchev–Trinajstić information content (AvgIpc) is 2.81. The van der Waals surface area contributed by atoms with Crippen LogP contribution >= 0.6 is 11.3 Å². The molecule has 0 aliphatic rings. The van der Waals surface area contributed by atoms with Crippen molar-refractivity contribution in [3.63, 3.8) is 0 Å². The summed E-state index contributed by atoms with van der Waals surface area (Å²) in [7, 11) is 0. The van der Waals surface area contributed by atoms with Gasteiger partial charge in [-0.15, -0.1) is 11.3 Å². The number of thiazole rings is 1. The van der Waals surface area contributed by atoms with Crippen molar-refractivity contribution in [2.75, 3.05) is 18.0 Å².